The fraction of sp³-hybridized carbons (Fsp3) is 0.588. The second-order valence-electron chi connectivity index (χ2n) is 6.29. The van der Waals surface area contributed by atoms with Gasteiger partial charge in [0, 0.05) is 18.3 Å². The minimum atomic E-state index is -0.797. The van der Waals surface area contributed by atoms with E-state index < -0.39 is 5.97 Å². The molecule has 0 amide bonds. The molecule has 1 atom stereocenters. The average Bonchev–Trinajstić information content (AvgIpc) is 2.70. The molecule has 1 aromatic rings. The smallest absolute Gasteiger partial charge is 0.336 e. The van der Waals surface area contributed by atoms with Gasteiger partial charge in [0.25, 0.3) is 0 Å². The lowest BCUT2D eigenvalue weighted by molar-refractivity contribution is 0.0695. The normalized spacial score (nSPS) is 23.5. The standard InChI is InChI=1S/C17H24N2O2/c1-18-10-3-5-13(9-12-18)19-11-4-7-14-15(17(20)21)6-2-8-16(14)19/h2,6,8,13H,3-5,7,9-12H2,1H3,(H,20,21). The Balaban J connectivity index is 1.90. The Morgan fingerprint density at radius 3 is 2.86 bits per heavy atom. The molecule has 0 saturated carbocycles. The van der Waals surface area contributed by atoms with E-state index in [1.54, 1.807) is 6.07 Å². The van der Waals surface area contributed by atoms with Gasteiger partial charge in [-0.1, -0.05) is 6.07 Å². The lowest BCUT2D eigenvalue weighted by atomic mass is 9.93. The highest BCUT2D eigenvalue weighted by Gasteiger charge is 2.27. The summed E-state index contributed by atoms with van der Waals surface area (Å²) >= 11 is 0. The van der Waals surface area contributed by atoms with Gasteiger partial charge in [-0.2, -0.15) is 0 Å². The number of aromatic carboxylic acids is 1. The van der Waals surface area contributed by atoms with Gasteiger partial charge < -0.3 is 14.9 Å². The Kier molecular flexibility index (Phi) is 4.15. The van der Waals surface area contributed by atoms with Gasteiger partial charge in [-0.25, -0.2) is 4.79 Å². The van der Waals surface area contributed by atoms with Crippen molar-refractivity contribution < 1.29 is 9.90 Å². The number of hydrogen-bond acceptors (Lipinski definition) is 3. The number of carbonyl (C=O) groups is 1. The van der Waals surface area contributed by atoms with E-state index in [1.165, 1.54) is 25.8 Å². The van der Waals surface area contributed by atoms with E-state index >= 15 is 0 Å². The number of benzene rings is 1. The zero-order valence-corrected chi connectivity index (χ0v) is 12.7. The van der Waals surface area contributed by atoms with Crippen molar-refractivity contribution in [2.24, 2.45) is 0 Å². The van der Waals surface area contributed by atoms with Crippen LogP contribution in [0, 0.1) is 0 Å². The molecule has 2 heterocycles. The first-order valence-electron chi connectivity index (χ1n) is 7.97. The van der Waals surface area contributed by atoms with Gasteiger partial charge >= 0.3 is 5.97 Å². The Bertz CT molecular complexity index is 530. The molecular formula is C17H24N2O2. The quantitative estimate of drug-likeness (QED) is 0.908. The summed E-state index contributed by atoms with van der Waals surface area (Å²) in [4.78, 5) is 16.3. The molecule has 0 aliphatic carbocycles. The lowest BCUT2D eigenvalue weighted by Gasteiger charge is -2.38. The first kappa shape index (κ1) is 14.4. The molecule has 0 spiro atoms. The highest BCUT2D eigenvalue weighted by atomic mass is 16.4. The highest BCUT2D eigenvalue weighted by Crippen LogP contribution is 2.33. The zero-order valence-electron chi connectivity index (χ0n) is 12.7. The molecule has 0 radical (unpaired) electrons. The Morgan fingerprint density at radius 1 is 1.19 bits per heavy atom. The van der Waals surface area contributed by atoms with Gasteiger partial charge in [0.15, 0.2) is 0 Å². The van der Waals surface area contributed by atoms with Crippen molar-refractivity contribution >= 4 is 11.7 Å². The van der Waals surface area contributed by atoms with Crippen LogP contribution in [0.4, 0.5) is 5.69 Å². The number of carboxylic acids is 1. The van der Waals surface area contributed by atoms with Crippen LogP contribution in [0.25, 0.3) is 0 Å². The fourth-order valence-corrected chi connectivity index (χ4v) is 3.77. The van der Waals surface area contributed by atoms with E-state index in [2.05, 4.69) is 22.9 Å². The highest BCUT2D eigenvalue weighted by molar-refractivity contribution is 5.91. The van der Waals surface area contributed by atoms with Crippen LogP contribution in [0.1, 0.15) is 41.6 Å². The maximum absolute atomic E-state index is 11.4. The van der Waals surface area contributed by atoms with Crippen molar-refractivity contribution in [1.29, 1.82) is 0 Å². The Hall–Kier alpha value is -1.55. The second-order valence-corrected chi connectivity index (χ2v) is 6.29. The van der Waals surface area contributed by atoms with E-state index in [-0.39, 0.29) is 0 Å². The van der Waals surface area contributed by atoms with E-state index in [9.17, 15) is 9.90 Å². The van der Waals surface area contributed by atoms with E-state index in [4.69, 9.17) is 0 Å². The fourth-order valence-electron chi connectivity index (χ4n) is 3.77. The van der Waals surface area contributed by atoms with Crippen LogP contribution in [-0.4, -0.2) is 48.7 Å². The number of rotatable bonds is 2. The Labute approximate surface area is 126 Å². The van der Waals surface area contributed by atoms with Crippen LogP contribution in [0.5, 0.6) is 0 Å². The van der Waals surface area contributed by atoms with Gasteiger partial charge in [0.2, 0.25) is 0 Å². The SMILES string of the molecule is CN1CCCC(N2CCCc3c(C(=O)O)cccc32)CC1. The molecule has 1 unspecified atom stereocenters. The third kappa shape index (κ3) is 2.91. The van der Waals surface area contributed by atoms with Gasteiger partial charge in [-0.3, -0.25) is 0 Å². The van der Waals surface area contributed by atoms with Crippen LogP contribution in [-0.2, 0) is 6.42 Å². The molecule has 4 nitrogen and oxygen atoms in total. The van der Waals surface area contributed by atoms with Crippen LogP contribution < -0.4 is 4.90 Å². The van der Waals surface area contributed by atoms with E-state index in [0.717, 1.165) is 37.2 Å². The molecule has 4 heteroatoms. The van der Waals surface area contributed by atoms with Gasteiger partial charge in [-0.15, -0.1) is 0 Å². The molecular weight excluding hydrogens is 264 g/mol. The summed E-state index contributed by atoms with van der Waals surface area (Å²) in [5.41, 5.74) is 2.69. The van der Waals surface area contributed by atoms with Crippen LogP contribution >= 0.6 is 0 Å². The van der Waals surface area contributed by atoms with Crippen molar-refractivity contribution in [2.75, 3.05) is 31.6 Å². The Morgan fingerprint density at radius 2 is 2.05 bits per heavy atom. The van der Waals surface area contributed by atoms with Crippen LogP contribution in [0.2, 0.25) is 0 Å². The van der Waals surface area contributed by atoms with Crippen molar-refractivity contribution in [3.8, 4) is 0 Å². The first-order valence-corrected chi connectivity index (χ1v) is 7.97. The maximum atomic E-state index is 11.4. The molecule has 114 valence electrons. The summed E-state index contributed by atoms with van der Waals surface area (Å²) in [6.07, 6.45) is 5.56. The number of fused-ring (bicyclic) bond motifs is 1. The summed E-state index contributed by atoms with van der Waals surface area (Å²) in [5, 5.41) is 9.39. The predicted molar refractivity (Wildman–Crippen MR) is 84.2 cm³/mol. The van der Waals surface area contributed by atoms with Crippen molar-refractivity contribution in [1.82, 2.24) is 4.90 Å². The topological polar surface area (TPSA) is 43.8 Å². The number of hydrogen-bond donors (Lipinski definition) is 1. The average molecular weight is 288 g/mol. The third-order valence-electron chi connectivity index (χ3n) is 4.88. The van der Waals surface area contributed by atoms with Crippen molar-refractivity contribution in [3.05, 3.63) is 29.3 Å². The summed E-state index contributed by atoms with van der Waals surface area (Å²) in [7, 11) is 2.19. The van der Waals surface area contributed by atoms with Gasteiger partial charge in [0.1, 0.15) is 0 Å². The van der Waals surface area contributed by atoms with Crippen LogP contribution in [0.15, 0.2) is 18.2 Å². The minimum absolute atomic E-state index is 0.489. The molecule has 2 aliphatic rings. The maximum Gasteiger partial charge on any atom is 0.336 e. The van der Waals surface area contributed by atoms with E-state index in [1.807, 2.05) is 6.07 Å². The van der Waals surface area contributed by atoms with Gasteiger partial charge in [0.05, 0.1) is 5.56 Å². The molecule has 2 aliphatic heterocycles. The number of likely N-dealkylation sites (tertiary alicyclic amines) is 1. The minimum Gasteiger partial charge on any atom is -0.478 e. The predicted octanol–water partition coefficient (Wildman–Crippen LogP) is 2.62. The van der Waals surface area contributed by atoms with Gasteiger partial charge in [-0.05, 0) is 69.9 Å². The molecule has 1 aromatic carbocycles. The molecule has 0 bridgehead atoms. The zero-order chi connectivity index (χ0) is 14.8. The molecule has 1 N–H and O–H groups in total. The summed E-state index contributed by atoms with van der Waals surface area (Å²) in [5.74, 6) is -0.797. The molecule has 21 heavy (non-hydrogen) atoms. The van der Waals surface area contributed by atoms with Crippen LogP contribution in [0.3, 0.4) is 0 Å². The second kappa shape index (κ2) is 6.06. The summed E-state index contributed by atoms with van der Waals surface area (Å²) < 4.78 is 0. The van der Waals surface area contributed by atoms with Crippen molar-refractivity contribution in [2.45, 2.75) is 38.1 Å². The molecule has 1 saturated heterocycles. The monoisotopic (exact) mass is 288 g/mol. The third-order valence-corrected chi connectivity index (χ3v) is 4.88. The number of carboxylic acid groups (broad SMARTS) is 1. The summed E-state index contributed by atoms with van der Waals surface area (Å²) in [6, 6.07) is 6.29. The number of anilines is 1. The lowest BCUT2D eigenvalue weighted by Crippen LogP contribution is -2.40. The molecule has 1 fully saturated rings. The van der Waals surface area contributed by atoms with Crippen molar-refractivity contribution in [3.63, 3.8) is 0 Å². The largest absolute Gasteiger partial charge is 0.478 e. The number of nitrogens with zero attached hydrogens (tertiary/aromatic N) is 2. The molecule has 0 aromatic heterocycles. The molecule has 3 rings (SSSR count). The van der Waals surface area contributed by atoms with E-state index in [0.29, 0.717) is 11.6 Å². The first-order chi connectivity index (χ1) is 10.2. The summed E-state index contributed by atoms with van der Waals surface area (Å²) in [6.45, 7) is 3.37.